The van der Waals surface area contributed by atoms with Crippen molar-refractivity contribution >= 4 is 11.6 Å². The first kappa shape index (κ1) is 15.4. The Morgan fingerprint density at radius 3 is 2.67 bits per heavy atom. The third-order valence-electron chi connectivity index (χ3n) is 4.16. The van der Waals surface area contributed by atoms with Crippen LogP contribution in [0.2, 0.25) is 0 Å². The van der Waals surface area contributed by atoms with Gasteiger partial charge >= 0.3 is 0 Å². The van der Waals surface area contributed by atoms with Gasteiger partial charge in [-0.25, -0.2) is 0 Å². The number of nitrogens with zero attached hydrogens (tertiary/aromatic N) is 2. The molecule has 1 aliphatic heterocycles. The summed E-state index contributed by atoms with van der Waals surface area (Å²) in [5, 5.41) is 9.18. The number of hydrogen-bond acceptors (Lipinski definition) is 3. The molecule has 112 valence electrons. The highest BCUT2D eigenvalue weighted by atomic mass is 16.5. The predicted octanol–water partition coefficient (Wildman–Crippen LogP) is 3.56. The first-order valence-corrected chi connectivity index (χ1v) is 7.52. The summed E-state index contributed by atoms with van der Waals surface area (Å²) in [5.41, 5.74) is 1.41. The van der Waals surface area contributed by atoms with Gasteiger partial charge in [-0.2, -0.15) is 5.26 Å². The number of ether oxygens (including phenoxy) is 1. The number of fused-ring (bicyclic) bond motifs is 1. The van der Waals surface area contributed by atoms with Crippen molar-refractivity contribution in [3.8, 4) is 11.8 Å². The molecule has 1 aromatic carbocycles. The molecule has 1 atom stereocenters. The van der Waals surface area contributed by atoms with Gasteiger partial charge < -0.3 is 9.64 Å². The molecule has 1 aliphatic rings. The van der Waals surface area contributed by atoms with E-state index in [1.165, 1.54) is 0 Å². The highest BCUT2D eigenvalue weighted by molar-refractivity contribution is 6.02. The van der Waals surface area contributed by atoms with E-state index in [2.05, 4.69) is 13.0 Å². The number of unbranched alkanes of at least 4 members (excludes halogenated alkanes) is 1. The van der Waals surface area contributed by atoms with Crippen molar-refractivity contribution in [2.45, 2.75) is 52.6 Å². The van der Waals surface area contributed by atoms with Crippen LogP contribution >= 0.6 is 0 Å². The molecule has 4 nitrogen and oxygen atoms in total. The standard InChI is InChI=1S/C17H22N2O2/c1-5-7-8-19-14-9-12(3)13(11-18)10-15(14)21-17(4,6-2)16(19)20/h9-10H,5-8H2,1-4H3. The summed E-state index contributed by atoms with van der Waals surface area (Å²) in [6.07, 6.45) is 2.58. The fourth-order valence-electron chi connectivity index (χ4n) is 2.53. The number of benzene rings is 1. The van der Waals surface area contributed by atoms with E-state index < -0.39 is 5.60 Å². The van der Waals surface area contributed by atoms with E-state index in [9.17, 15) is 10.1 Å². The molecular formula is C17H22N2O2. The lowest BCUT2D eigenvalue weighted by atomic mass is 9.96. The van der Waals surface area contributed by atoms with Crippen LogP contribution in [0.1, 0.15) is 51.2 Å². The molecule has 1 heterocycles. The van der Waals surface area contributed by atoms with Crippen LogP contribution in [0.4, 0.5) is 5.69 Å². The second kappa shape index (κ2) is 5.77. The monoisotopic (exact) mass is 286 g/mol. The van der Waals surface area contributed by atoms with Crippen molar-refractivity contribution in [1.29, 1.82) is 5.26 Å². The number of amides is 1. The van der Waals surface area contributed by atoms with Gasteiger partial charge in [0, 0.05) is 12.6 Å². The van der Waals surface area contributed by atoms with Crippen molar-refractivity contribution in [3.05, 3.63) is 23.3 Å². The van der Waals surface area contributed by atoms with Gasteiger partial charge in [0.1, 0.15) is 5.75 Å². The first-order chi connectivity index (χ1) is 9.96. The molecule has 4 heteroatoms. The molecule has 0 saturated carbocycles. The Morgan fingerprint density at radius 2 is 2.10 bits per heavy atom. The lowest BCUT2D eigenvalue weighted by Crippen LogP contribution is -2.54. The van der Waals surface area contributed by atoms with Gasteiger partial charge in [0.15, 0.2) is 5.60 Å². The van der Waals surface area contributed by atoms with Crippen molar-refractivity contribution < 1.29 is 9.53 Å². The zero-order chi connectivity index (χ0) is 15.6. The molecule has 0 aliphatic carbocycles. The Balaban J connectivity index is 2.54. The maximum Gasteiger partial charge on any atom is 0.270 e. The Labute approximate surface area is 126 Å². The number of rotatable bonds is 4. The van der Waals surface area contributed by atoms with E-state index in [0.717, 1.165) is 24.1 Å². The normalized spacial score (nSPS) is 20.7. The van der Waals surface area contributed by atoms with Crippen LogP contribution in [-0.4, -0.2) is 18.1 Å². The van der Waals surface area contributed by atoms with Crippen LogP contribution in [0.3, 0.4) is 0 Å². The number of nitriles is 1. The van der Waals surface area contributed by atoms with Crippen LogP contribution in [0.5, 0.6) is 5.75 Å². The maximum atomic E-state index is 12.7. The third-order valence-corrected chi connectivity index (χ3v) is 4.16. The maximum absolute atomic E-state index is 12.7. The Hall–Kier alpha value is -2.02. The van der Waals surface area contributed by atoms with E-state index in [4.69, 9.17) is 4.74 Å². The van der Waals surface area contributed by atoms with Gasteiger partial charge in [-0.3, -0.25) is 4.79 Å². The van der Waals surface area contributed by atoms with Crippen molar-refractivity contribution in [1.82, 2.24) is 0 Å². The summed E-state index contributed by atoms with van der Waals surface area (Å²) < 4.78 is 5.95. The van der Waals surface area contributed by atoms with E-state index in [1.54, 1.807) is 6.07 Å². The van der Waals surface area contributed by atoms with Gasteiger partial charge in [-0.05, 0) is 38.3 Å². The number of anilines is 1. The van der Waals surface area contributed by atoms with Crippen LogP contribution in [0, 0.1) is 18.3 Å². The molecule has 0 bridgehead atoms. The van der Waals surface area contributed by atoms with Crippen LogP contribution in [0.25, 0.3) is 0 Å². The predicted molar refractivity (Wildman–Crippen MR) is 82.5 cm³/mol. The summed E-state index contributed by atoms with van der Waals surface area (Å²) in [4.78, 5) is 14.6. The van der Waals surface area contributed by atoms with E-state index in [-0.39, 0.29) is 5.91 Å². The molecule has 21 heavy (non-hydrogen) atoms. The van der Waals surface area contributed by atoms with Crippen molar-refractivity contribution in [2.24, 2.45) is 0 Å². The molecule has 0 spiro atoms. The molecule has 0 radical (unpaired) electrons. The second-order valence-corrected chi connectivity index (χ2v) is 5.74. The topological polar surface area (TPSA) is 53.3 Å². The largest absolute Gasteiger partial charge is 0.475 e. The summed E-state index contributed by atoms with van der Waals surface area (Å²) in [6.45, 7) is 8.44. The second-order valence-electron chi connectivity index (χ2n) is 5.74. The van der Waals surface area contributed by atoms with Gasteiger partial charge in [0.25, 0.3) is 5.91 Å². The quantitative estimate of drug-likeness (QED) is 0.850. The summed E-state index contributed by atoms with van der Waals surface area (Å²) in [5.74, 6) is 0.646. The summed E-state index contributed by atoms with van der Waals surface area (Å²) in [7, 11) is 0. The molecule has 0 N–H and O–H groups in total. The fraction of sp³-hybridized carbons (Fsp3) is 0.529. The lowest BCUT2D eigenvalue weighted by Gasteiger charge is -2.40. The van der Waals surface area contributed by atoms with E-state index in [1.807, 2.05) is 31.7 Å². The third kappa shape index (κ3) is 2.61. The Kier molecular flexibility index (Phi) is 4.22. The summed E-state index contributed by atoms with van der Waals surface area (Å²) >= 11 is 0. The molecule has 0 aromatic heterocycles. The minimum Gasteiger partial charge on any atom is -0.475 e. The van der Waals surface area contributed by atoms with E-state index >= 15 is 0 Å². The van der Waals surface area contributed by atoms with Crippen LogP contribution in [0.15, 0.2) is 12.1 Å². The van der Waals surface area contributed by atoms with Crippen LogP contribution in [-0.2, 0) is 4.79 Å². The highest BCUT2D eigenvalue weighted by Gasteiger charge is 2.43. The van der Waals surface area contributed by atoms with Gasteiger partial charge in [0.05, 0.1) is 17.3 Å². The average Bonchev–Trinajstić information content (AvgIpc) is 2.48. The van der Waals surface area contributed by atoms with Gasteiger partial charge in [0.2, 0.25) is 0 Å². The minimum absolute atomic E-state index is 0.00931. The van der Waals surface area contributed by atoms with Crippen LogP contribution < -0.4 is 9.64 Å². The van der Waals surface area contributed by atoms with E-state index in [0.29, 0.717) is 24.3 Å². The Morgan fingerprint density at radius 1 is 1.38 bits per heavy atom. The highest BCUT2D eigenvalue weighted by Crippen LogP contribution is 2.40. The summed E-state index contributed by atoms with van der Waals surface area (Å²) in [6, 6.07) is 5.82. The molecule has 0 fully saturated rings. The zero-order valence-electron chi connectivity index (χ0n) is 13.2. The Bertz CT molecular complexity index is 604. The smallest absolute Gasteiger partial charge is 0.270 e. The zero-order valence-corrected chi connectivity index (χ0v) is 13.2. The molecule has 2 rings (SSSR count). The number of hydrogen-bond donors (Lipinski definition) is 0. The lowest BCUT2D eigenvalue weighted by molar-refractivity contribution is -0.134. The molecule has 1 aromatic rings. The number of aryl methyl sites for hydroxylation is 1. The first-order valence-electron chi connectivity index (χ1n) is 7.52. The molecule has 1 unspecified atom stereocenters. The minimum atomic E-state index is -0.845. The van der Waals surface area contributed by atoms with Gasteiger partial charge in [-0.15, -0.1) is 0 Å². The fourth-order valence-corrected chi connectivity index (χ4v) is 2.53. The molecular weight excluding hydrogens is 264 g/mol. The SMILES string of the molecule is CCCCN1C(=O)C(C)(CC)Oc2cc(C#N)c(C)cc21. The van der Waals surface area contributed by atoms with Gasteiger partial charge in [-0.1, -0.05) is 20.3 Å². The number of carbonyl (C=O) groups excluding carboxylic acids is 1. The van der Waals surface area contributed by atoms with Crippen molar-refractivity contribution in [2.75, 3.05) is 11.4 Å². The average molecular weight is 286 g/mol. The number of carbonyl (C=O) groups is 1. The molecule has 1 amide bonds. The molecule has 0 saturated heterocycles. The van der Waals surface area contributed by atoms with Crippen molar-refractivity contribution in [3.63, 3.8) is 0 Å².